The Hall–Kier alpha value is -0.940. The molecule has 100 valence electrons. The maximum absolute atomic E-state index is 11.9. The van der Waals surface area contributed by atoms with Crippen LogP contribution in [0.2, 0.25) is 0 Å². The van der Waals surface area contributed by atoms with Gasteiger partial charge in [-0.05, 0) is 31.6 Å². The fourth-order valence-electron chi connectivity index (χ4n) is 2.08. The highest BCUT2D eigenvalue weighted by molar-refractivity contribution is 7.09. The summed E-state index contributed by atoms with van der Waals surface area (Å²) in [5.74, 6) is 0.594. The molecule has 18 heavy (non-hydrogen) atoms. The first-order chi connectivity index (χ1) is 8.72. The van der Waals surface area contributed by atoms with Gasteiger partial charge in [-0.15, -0.1) is 11.3 Å². The van der Waals surface area contributed by atoms with Gasteiger partial charge in [-0.1, -0.05) is 6.92 Å². The fourth-order valence-corrected chi connectivity index (χ4v) is 2.82. The SMILES string of the molecule is CCc1nc(CC(=O)NC(CCO)C2CC2)cs1. The van der Waals surface area contributed by atoms with Crippen LogP contribution in [0.3, 0.4) is 0 Å². The molecule has 4 nitrogen and oxygen atoms in total. The van der Waals surface area contributed by atoms with E-state index in [2.05, 4.69) is 17.2 Å². The lowest BCUT2D eigenvalue weighted by Crippen LogP contribution is -2.38. The minimum Gasteiger partial charge on any atom is -0.396 e. The Bertz CT molecular complexity index is 401. The van der Waals surface area contributed by atoms with Crippen molar-refractivity contribution in [2.24, 2.45) is 5.92 Å². The Morgan fingerprint density at radius 1 is 1.67 bits per heavy atom. The van der Waals surface area contributed by atoms with Gasteiger partial charge in [0, 0.05) is 18.0 Å². The summed E-state index contributed by atoms with van der Waals surface area (Å²) in [6.07, 6.45) is 4.27. The summed E-state index contributed by atoms with van der Waals surface area (Å²) in [4.78, 5) is 16.3. The van der Waals surface area contributed by atoms with E-state index in [1.54, 1.807) is 11.3 Å². The molecule has 1 amide bonds. The number of aliphatic hydroxyl groups is 1. The molecule has 1 aromatic rings. The van der Waals surface area contributed by atoms with E-state index >= 15 is 0 Å². The van der Waals surface area contributed by atoms with Crippen LogP contribution in [0.5, 0.6) is 0 Å². The van der Waals surface area contributed by atoms with Crippen LogP contribution in [-0.2, 0) is 17.6 Å². The third-order valence-corrected chi connectivity index (χ3v) is 4.26. The van der Waals surface area contributed by atoms with Gasteiger partial charge >= 0.3 is 0 Å². The smallest absolute Gasteiger partial charge is 0.226 e. The Kier molecular flexibility index (Phi) is 4.72. The maximum Gasteiger partial charge on any atom is 0.226 e. The van der Waals surface area contributed by atoms with E-state index in [0.717, 1.165) is 17.1 Å². The molecule has 1 saturated carbocycles. The molecule has 1 aliphatic rings. The number of hydrogen-bond donors (Lipinski definition) is 2. The zero-order valence-electron chi connectivity index (χ0n) is 10.7. The monoisotopic (exact) mass is 268 g/mol. The second-order valence-corrected chi connectivity index (χ2v) is 5.73. The number of rotatable bonds is 7. The van der Waals surface area contributed by atoms with Gasteiger partial charge in [0.05, 0.1) is 17.1 Å². The van der Waals surface area contributed by atoms with E-state index in [-0.39, 0.29) is 18.6 Å². The van der Waals surface area contributed by atoms with E-state index in [1.807, 2.05) is 5.38 Å². The number of amides is 1. The van der Waals surface area contributed by atoms with Crippen molar-refractivity contribution in [1.29, 1.82) is 0 Å². The molecular formula is C13H20N2O2S. The lowest BCUT2D eigenvalue weighted by Gasteiger charge is -2.16. The molecule has 1 aromatic heterocycles. The molecule has 0 aliphatic heterocycles. The molecule has 0 bridgehead atoms. The van der Waals surface area contributed by atoms with Gasteiger partial charge < -0.3 is 10.4 Å². The van der Waals surface area contributed by atoms with Crippen molar-refractivity contribution in [3.8, 4) is 0 Å². The molecule has 1 unspecified atom stereocenters. The van der Waals surface area contributed by atoms with Crippen molar-refractivity contribution in [2.75, 3.05) is 6.61 Å². The van der Waals surface area contributed by atoms with Gasteiger partial charge in [0.2, 0.25) is 5.91 Å². The lowest BCUT2D eigenvalue weighted by molar-refractivity contribution is -0.121. The number of hydrogen-bond acceptors (Lipinski definition) is 4. The molecule has 2 N–H and O–H groups in total. The predicted octanol–water partition coefficient (Wildman–Crippen LogP) is 1.53. The van der Waals surface area contributed by atoms with Gasteiger partial charge in [0.1, 0.15) is 0 Å². The fraction of sp³-hybridized carbons (Fsp3) is 0.692. The van der Waals surface area contributed by atoms with Crippen LogP contribution >= 0.6 is 11.3 Å². The largest absolute Gasteiger partial charge is 0.396 e. The lowest BCUT2D eigenvalue weighted by atomic mass is 10.1. The normalized spacial score (nSPS) is 16.6. The van der Waals surface area contributed by atoms with Crippen LogP contribution in [0.25, 0.3) is 0 Å². The summed E-state index contributed by atoms with van der Waals surface area (Å²) >= 11 is 1.61. The van der Waals surface area contributed by atoms with Crippen LogP contribution in [0.4, 0.5) is 0 Å². The van der Waals surface area contributed by atoms with E-state index in [4.69, 9.17) is 5.11 Å². The molecule has 1 aliphatic carbocycles. The highest BCUT2D eigenvalue weighted by Gasteiger charge is 2.31. The van der Waals surface area contributed by atoms with Crippen LogP contribution in [0.15, 0.2) is 5.38 Å². The summed E-state index contributed by atoms with van der Waals surface area (Å²) in [6, 6.07) is 0.145. The molecule has 1 atom stereocenters. The van der Waals surface area contributed by atoms with Crippen molar-refractivity contribution >= 4 is 17.2 Å². The van der Waals surface area contributed by atoms with Gasteiger partial charge in [-0.25, -0.2) is 4.98 Å². The van der Waals surface area contributed by atoms with Gasteiger partial charge in [0.15, 0.2) is 0 Å². The van der Waals surface area contributed by atoms with Gasteiger partial charge in [0.25, 0.3) is 0 Å². The number of aliphatic hydroxyl groups excluding tert-OH is 1. The Labute approximate surface area is 111 Å². The first-order valence-corrected chi connectivity index (χ1v) is 7.44. The first kappa shape index (κ1) is 13.5. The molecule has 1 heterocycles. The number of carbonyl (C=O) groups excluding carboxylic acids is 1. The standard InChI is InChI=1S/C13H20N2O2S/c1-2-13-14-10(8-18-13)7-12(17)15-11(5-6-16)9-3-4-9/h8-9,11,16H,2-7H2,1H3,(H,15,17). The second-order valence-electron chi connectivity index (χ2n) is 4.79. The van der Waals surface area contributed by atoms with Gasteiger partial charge in [-0.3, -0.25) is 4.79 Å². The first-order valence-electron chi connectivity index (χ1n) is 6.56. The number of aryl methyl sites for hydroxylation is 1. The summed E-state index contributed by atoms with van der Waals surface area (Å²) in [7, 11) is 0. The van der Waals surface area contributed by atoms with Crippen molar-refractivity contribution < 1.29 is 9.90 Å². The quantitative estimate of drug-likeness (QED) is 0.788. The van der Waals surface area contributed by atoms with E-state index < -0.39 is 0 Å². The summed E-state index contributed by atoms with van der Waals surface area (Å²) in [5, 5.41) is 15.0. The molecular weight excluding hydrogens is 248 g/mol. The summed E-state index contributed by atoms with van der Waals surface area (Å²) in [5.41, 5.74) is 0.855. The third kappa shape index (κ3) is 3.78. The zero-order chi connectivity index (χ0) is 13.0. The Balaban J connectivity index is 1.83. The van der Waals surface area contributed by atoms with Crippen molar-refractivity contribution in [3.05, 3.63) is 16.1 Å². The van der Waals surface area contributed by atoms with Crippen molar-refractivity contribution in [3.63, 3.8) is 0 Å². The molecule has 5 heteroatoms. The number of nitrogens with one attached hydrogen (secondary N) is 1. The molecule has 0 spiro atoms. The number of aromatic nitrogens is 1. The average molecular weight is 268 g/mol. The van der Waals surface area contributed by atoms with Crippen LogP contribution < -0.4 is 5.32 Å². The van der Waals surface area contributed by atoms with Crippen molar-refractivity contribution in [2.45, 2.75) is 45.1 Å². The summed E-state index contributed by atoms with van der Waals surface area (Å²) < 4.78 is 0. The molecule has 2 rings (SSSR count). The molecule has 0 radical (unpaired) electrons. The van der Waals surface area contributed by atoms with E-state index in [0.29, 0.717) is 18.8 Å². The highest BCUT2D eigenvalue weighted by Crippen LogP contribution is 2.33. The number of carbonyl (C=O) groups is 1. The Morgan fingerprint density at radius 2 is 2.44 bits per heavy atom. The third-order valence-electron chi connectivity index (χ3n) is 3.22. The Morgan fingerprint density at radius 3 is 3.00 bits per heavy atom. The summed E-state index contributed by atoms with van der Waals surface area (Å²) in [6.45, 7) is 2.20. The van der Waals surface area contributed by atoms with Gasteiger partial charge in [-0.2, -0.15) is 0 Å². The van der Waals surface area contributed by atoms with Crippen LogP contribution in [0, 0.1) is 5.92 Å². The minimum absolute atomic E-state index is 0.0216. The van der Waals surface area contributed by atoms with E-state index in [1.165, 1.54) is 12.8 Å². The number of thiazole rings is 1. The van der Waals surface area contributed by atoms with Crippen LogP contribution in [-0.4, -0.2) is 28.6 Å². The highest BCUT2D eigenvalue weighted by atomic mass is 32.1. The van der Waals surface area contributed by atoms with Crippen LogP contribution in [0.1, 0.15) is 36.9 Å². The molecule has 0 aromatic carbocycles. The minimum atomic E-state index is 0.0216. The molecule has 1 fully saturated rings. The topological polar surface area (TPSA) is 62.2 Å². The predicted molar refractivity (Wildman–Crippen MR) is 71.6 cm³/mol. The zero-order valence-corrected chi connectivity index (χ0v) is 11.5. The van der Waals surface area contributed by atoms with Crippen molar-refractivity contribution in [1.82, 2.24) is 10.3 Å². The average Bonchev–Trinajstić information content (AvgIpc) is 3.10. The second kappa shape index (κ2) is 6.29. The van der Waals surface area contributed by atoms with E-state index in [9.17, 15) is 4.79 Å². The number of nitrogens with zero attached hydrogens (tertiary/aromatic N) is 1. The molecule has 0 saturated heterocycles. The maximum atomic E-state index is 11.9.